The van der Waals surface area contributed by atoms with Gasteiger partial charge in [-0.1, -0.05) is 12.1 Å². The van der Waals surface area contributed by atoms with Gasteiger partial charge in [-0.05, 0) is 47.9 Å². The SMILES string of the molecule is O=C(NO)c1ccc(CN2CCc3cc(F)ccc32)cc1. The molecule has 0 bridgehead atoms. The van der Waals surface area contributed by atoms with Crippen molar-refractivity contribution >= 4 is 11.6 Å². The summed E-state index contributed by atoms with van der Waals surface area (Å²) in [6.07, 6.45) is 0.845. The van der Waals surface area contributed by atoms with Crippen LogP contribution in [0.25, 0.3) is 0 Å². The van der Waals surface area contributed by atoms with Crippen LogP contribution in [0.15, 0.2) is 42.5 Å². The Labute approximate surface area is 121 Å². The maximum Gasteiger partial charge on any atom is 0.274 e. The van der Waals surface area contributed by atoms with Crippen LogP contribution in [0.1, 0.15) is 21.5 Å². The normalized spacial score (nSPS) is 13.1. The Hall–Kier alpha value is -2.40. The van der Waals surface area contributed by atoms with Crippen LogP contribution < -0.4 is 10.4 Å². The van der Waals surface area contributed by atoms with Crippen molar-refractivity contribution in [3.63, 3.8) is 0 Å². The van der Waals surface area contributed by atoms with Gasteiger partial charge >= 0.3 is 0 Å². The summed E-state index contributed by atoms with van der Waals surface area (Å²) < 4.78 is 13.2. The van der Waals surface area contributed by atoms with Gasteiger partial charge in [0.2, 0.25) is 0 Å². The number of hydrogen-bond donors (Lipinski definition) is 2. The topological polar surface area (TPSA) is 52.6 Å². The highest BCUT2D eigenvalue weighted by Gasteiger charge is 2.19. The van der Waals surface area contributed by atoms with Crippen LogP contribution in [-0.2, 0) is 13.0 Å². The maximum atomic E-state index is 13.2. The molecular weight excluding hydrogens is 271 g/mol. The fourth-order valence-corrected chi connectivity index (χ4v) is 2.65. The lowest BCUT2D eigenvalue weighted by atomic mass is 10.1. The average Bonchev–Trinajstić information content (AvgIpc) is 2.89. The highest BCUT2D eigenvalue weighted by Crippen LogP contribution is 2.29. The lowest BCUT2D eigenvalue weighted by Crippen LogP contribution is -2.20. The molecule has 1 amide bonds. The summed E-state index contributed by atoms with van der Waals surface area (Å²) in [5.74, 6) is -0.724. The van der Waals surface area contributed by atoms with Crippen molar-refractivity contribution in [3.05, 3.63) is 65.0 Å². The van der Waals surface area contributed by atoms with Crippen LogP contribution in [0.4, 0.5) is 10.1 Å². The number of benzene rings is 2. The number of nitrogens with zero attached hydrogens (tertiary/aromatic N) is 1. The van der Waals surface area contributed by atoms with Crippen molar-refractivity contribution in [2.45, 2.75) is 13.0 Å². The van der Waals surface area contributed by atoms with Gasteiger partial charge < -0.3 is 4.90 Å². The van der Waals surface area contributed by atoms with Crippen LogP contribution in [0, 0.1) is 5.82 Å². The van der Waals surface area contributed by atoms with E-state index in [0.29, 0.717) is 12.1 Å². The van der Waals surface area contributed by atoms with Crippen molar-refractivity contribution in [1.29, 1.82) is 0 Å². The number of nitrogens with one attached hydrogen (secondary N) is 1. The zero-order valence-electron chi connectivity index (χ0n) is 11.3. The second-order valence-electron chi connectivity index (χ2n) is 5.08. The summed E-state index contributed by atoms with van der Waals surface area (Å²) in [5.41, 5.74) is 5.17. The number of anilines is 1. The number of rotatable bonds is 3. The zero-order chi connectivity index (χ0) is 14.8. The predicted molar refractivity (Wildman–Crippen MR) is 76.8 cm³/mol. The molecule has 0 atom stereocenters. The number of fused-ring (bicyclic) bond motifs is 1. The first-order valence-electron chi connectivity index (χ1n) is 6.74. The Kier molecular flexibility index (Phi) is 3.58. The second-order valence-corrected chi connectivity index (χ2v) is 5.08. The molecule has 5 heteroatoms. The summed E-state index contributed by atoms with van der Waals surface area (Å²) in [7, 11) is 0. The van der Waals surface area contributed by atoms with E-state index in [1.807, 2.05) is 18.2 Å². The van der Waals surface area contributed by atoms with Gasteiger partial charge in [0.25, 0.3) is 5.91 Å². The molecule has 0 aromatic heterocycles. The third-order valence-electron chi connectivity index (χ3n) is 3.72. The van der Waals surface area contributed by atoms with Crippen LogP contribution in [-0.4, -0.2) is 17.7 Å². The largest absolute Gasteiger partial charge is 0.367 e. The first-order valence-corrected chi connectivity index (χ1v) is 6.74. The summed E-state index contributed by atoms with van der Waals surface area (Å²) in [6, 6.07) is 11.9. The van der Waals surface area contributed by atoms with Crippen molar-refractivity contribution in [2.24, 2.45) is 0 Å². The van der Waals surface area contributed by atoms with Crippen LogP contribution in [0.5, 0.6) is 0 Å². The van der Waals surface area contributed by atoms with E-state index in [9.17, 15) is 9.18 Å². The Morgan fingerprint density at radius 1 is 1.24 bits per heavy atom. The average molecular weight is 286 g/mol. The molecule has 3 rings (SSSR count). The standard InChI is InChI=1S/C16H15FN2O2/c17-14-5-6-15-13(9-14)7-8-19(15)10-11-1-3-12(4-2-11)16(20)18-21/h1-6,9,21H,7-8,10H2,(H,18,20). The molecule has 108 valence electrons. The molecule has 2 aromatic carbocycles. The summed E-state index contributed by atoms with van der Waals surface area (Å²) in [6.45, 7) is 1.57. The van der Waals surface area contributed by atoms with Crippen molar-refractivity contribution < 1.29 is 14.4 Å². The van der Waals surface area contributed by atoms with E-state index in [1.165, 1.54) is 6.07 Å². The fraction of sp³-hybridized carbons (Fsp3) is 0.188. The van der Waals surface area contributed by atoms with Crippen molar-refractivity contribution in [3.8, 4) is 0 Å². The molecule has 4 nitrogen and oxygen atoms in total. The van der Waals surface area contributed by atoms with Gasteiger partial charge in [-0.3, -0.25) is 10.0 Å². The molecule has 1 aliphatic heterocycles. The monoisotopic (exact) mass is 286 g/mol. The molecule has 1 heterocycles. The highest BCUT2D eigenvalue weighted by atomic mass is 19.1. The van der Waals surface area contributed by atoms with Gasteiger partial charge in [-0.15, -0.1) is 0 Å². The molecule has 0 unspecified atom stereocenters. The summed E-state index contributed by atoms with van der Waals surface area (Å²) in [4.78, 5) is 13.4. The van der Waals surface area contributed by atoms with Gasteiger partial charge in [0.1, 0.15) is 5.82 Å². The minimum Gasteiger partial charge on any atom is -0.367 e. The number of amides is 1. The lowest BCUT2D eigenvalue weighted by molar-refractivity contribution is 0.0706. The van der Waals surface area contributed by atoms with E-state index < -0.39 is 5.91 Å². The summed E-state index contributed by atoms with van der Waals surface area (Å²) >= 11 is 0. The van der Waals surface area contributed by atoms with E-state index in [1.54, 1.807) is 23.7 Å². The van der Waals surface area contributed by atoms with E-state index in [-0.39, 0.29) is 5.82 Å². The molecule has 21 heavy (non-hydrogen) atoms. The third kappa shape index (κ3) is 2.73. The lowest BCUT2D eigenvalue weighted by Gasteiger charge is -2.19. The second kappa shape index (κ2) is 5.54. The molecule has 0 fully saturated rings. The van der Waals surface area contributed by atoms with E-state index in [0.717, 1.165) is 29.8 Å². The van der Waals surface area contributed by atoms with Crippen molar-refractivity contribution in [1.82, 2.24) is 5.48 Å². The third-order valence-corrected chi connectivity index (χ3v) is 3.72. The molecule has 2 N–H and O–H groups in total. The van der Waals surface area contributed by atoms with Crippen LogP contribution >= 0.6 is 0 Å². The number of hydrogen-bond acceptors (Lipinski definition) is 3. The molecule has 0 saturated carbocycles. The maximum absolute atomic E-state index is 13.2. The predicted octanol–water partition coefficient (Wildman–Crippen LogP) is 2.51. The number of carbonyl (C=O) groups is 1. The Bertz CT molecular complexity index is 670. The quantitative estimate of drug-likeness (QED) is 0.673. The molecule has 2 aromatic rings. The first-order chi connectivity index (χ1) is 10.2. The Balaban J connectivity index is 1.75. The highest BCUT2D eigenvalue weighted by molar-refractivity contribution is 5.93. The minimum absolute atomic E-state index is 0.199. The van der Waals surface area contributed by atoms with Gasteiger partial charge in [-0.2, -0.15) is 0 Å². The van der Waals surface area contributed by atoms with Gasteiger partial charge in [0, 0.05) is 24.3 Å². The van der Waals surface area contributed by atoms with Gasteiger partial charge in [0.05, 0.1) is 0 Å². The number of carbonyl (C=O) groups excluding carboxylic acids is 1. The minimum atomic E-state index is -0.524. The van der Waals surface area contributed by atoms with Crippen LogP contribution in [0.2, 0.25) is 0 Å². The van der Waals surface area contributed by atoms with Crippen molar-refractivity contribution in [2.75, 3.05) is 11.4 Å². The molecule has 0 saturated heterocycles. The van der Waals surface area contributed by atoms with Gasteiger partial charge in [0.15, 0.2) is 0 Å². The molecule has 0 spiro atoms. The summed E-state index contributed by atoms with van der Waals surface area (Å²) in [5, 5.41) is 8.58. The van der Waals surface area contributed by atoms with E-state index in [4.69, 9.17) is 5.21 Å². The number of halogens is 1. The molecular formula is C16H15FN2O2. The fourth-order valence-electron chi connectivity index (χ4n) is 2.65. The van der Waals surface area contributed by atoms with Crippen LogP contribution in [0.3, 0.4) is 0 Å². The van der Waals surface area contributed by atoms with Gasteiger partial charge in [-0.25, -0.2) is 9.87 Å². The smallest absolute Gasteiger partial charge is 0.274 e. The van der Waals surface area contributed by atoms with E-state index >= 15 is 0 Å². The molecule has 1 aliphatic rings. The number of hydroxylamine groups is 1. The first kappa shape index (κ1) is 13.6. The zero-order valence-corrected chi connectivity index (χ0v) is 11.3. The molecule has 0 radical (unpaired) electrons. The Morgan fingerprint density at radius 3 is 2.71 bits per heavy atom. The van der Waals surface area contributed by atoms with E-state index in [2.05, 4.69) is 4.90 Å². The Morgan fingerprint density at radius 2 is 2.00 bits per heavy atom. The molecule has 0 aliphatic carbocycles.